The molecule has 130 valence electrons. The first-order valence-electron chi connectivity index (χ1n) is 8.71. The van der Waals surface area contributed by atoms with Crippen molar-refractivity contribution in [1.29, 1.82) is 0 Å². The first-order chi connectivity index (χ1) is 12.2. The van der Waals surface area contributed by atoms with E-state index < -0.39 is 0 Å². The van der Waals surface area contributed by atoms with Crippen molar-refractivity contribution in [3.63, 3.8) is 0 Å². The fourth-order valence-corrected chi connectivity index (χ4v) is 2.79. The largest absolute Gasteiger partial charge is 0.493 e. The van der Waals surface area contributed by atoms with Crippen molar-refractivity contribution in [1.82, 2.24) is 9.97 Å². The number of ether oxygens (including phenoxy) is 2. The second kappa shape index (κ2) is 7.88. The van der Waals surface area contributed by atoms with Crippen LogP contribution < -0.4 is 9.47 Å². The number of hydrogen-bond donors (Lipinski definition) is 1. The van der Waals surface area contributed by atoms with E-state index >= 15 is 0 Å². The maximum atomic E-state index is 6.21. The van der Waals surface area contributed by atoms with Gasteiger partial charge in [0.05, 0.1) is 24.2 Å². The molecule has 0 aliphatic carbocycles. The summed E-state index contributed by atoms with van der Waals surface area (Å²) in [5.41, 5.74) is 2.97. The number of rotatable bonds is 7. The number of nitrogens with one attached hydrogen (secondary N) is 1. The van der Waals surface area contributed by atoms with E-state index in [2.05, 4.69) is 23.8 Å². The molecule has 0 amide bonds. The molecule has 0 aliphatic heterocycles. The zero-order chi connectivity index (χ0) is 17.6. The highest BCUT2D eigenvalue weighted by Gasteiger charge is 2.13. The van der Waals surface area contributed by atoms with Crippen molar-refractivity contribution < 1.29 is 9.47 Å². The maximum absolute atomic E-state index is 6.21. The number of methoxy groups -OCH3 is 1. The summed E-state index contributed by atoms with van der Waals surface area (Å²) in [7, 11) is 1.67. The molecule has 0 fully saturated rings. The SMILES string of the molecule is CCC(CC)Oc1c(/C=C/c2nc3ccccc3[nH]2)cccc1OC. The van der Waals surface area contributed by atoms with E-state index in [0.717, 1.165) is 46.8 Å². The third-order valence-corrected chi connectivity index (χ3v) is 4.25. The van der Waals surface area contributed by atoms with Crippen LogP contribution in [0.1, 0.15) is 38.1 Å². The Morgan fingerprint density at radius 1 is 1.04 bits per heavy atom. The Morgan fingerprint density at radius 2 is 1.84 bits per heavy atom. The van der Waals surface area contributed by atoms with Gasteiger partial charge in [0.25, 0.3) is 0 Å². The summed E-state index contributed by atoms with van der Waals surface area (Å²) in [5.74, 6) is 2.35. The molecule has 1 heterocycles. The molecule has 0 unspecified atom stereocenters. The Kier molecular flexibility index (Phi) is 5.39. The summed E-state index contributed by atoms with van der Waals surface area (Å²) >= 11 is 0. The average Bonchev–Trinajstić information content (AvgIpc) is 3.07. The number of aromatic amines is 1. The van der Waals surface area contributed by atoms with Crippen LogP contribution in [0, 0.1) is 0 Å². The van der Waals surface area contributed by atoms with E-state index in [-0.39, 0.29) is 6.10 Å². The molecule has 1 N–H and O–H groups in total. The van der Waals surface area contributed by atoms with Crippen LogP contribution in [0.2, 0.25) is 0 Å². The Bertz CT molecular complexity index is 830. The molecular formula is C21H24N2O2. The van der Waals surface area contributed by atoms with Gasteiger partial charge < -0.3 is 14.5 Å². The fraction of sp³-hybridized carbons (Fsp3) is 0.286. The Hall–Kier alpha value is -2.75. The van der Waals surface area contributed by atoms with E-state index in [0.29, 0.717) is 0 Å². The molecule has 0 radical (unpaired) electrons. The molecule has 0 bridgehead atoms. The number of imidazole rings is 1. The Labute approximate surface area is 148 Å². The standard InChI is InChI=1S/C21H24N2O2/c1-4-16(5-2)25-21-15(9-8-12-19(21)24-3)13-14-20-22-17-10-6-7-11-18(17)23-20/h6-14,16H,4-5H2,1-3H3,(H,22,23)/b14-13+. The third-order valence-electron chi connectivity index (χ3n) is 4.25. The molecule has 4 nitrogen and oxygen atoms in total. The normalized spacial score (nSPS) is 11.5. The molecule has 3 aromatic rings. The second-order valence-corrected chi connectivity index (χ2v) is 5.91. The third kappa shape index (κ3) is 3.85. The van der Waals surface area contributed by atoms with Gasteiger partial charge in [-0.05, 0) is 43.2 Å². The fourth-order valence-electron chi connectivity index (χ4n) is 2.79. The van der Waals surface area contributed by atoms with Crippen molar-refractivity contribution in [3.8, 4) is 11.5 Å². The van der Waals surface area contributed by atoms with Crippen LogP contribution in [0.3, 0.4) is 0 Å². The van der Waals surface area contributed by atoms with Gasteiger partial charge in [-0.15, -0.1) is 0 Å². The quantitative estimate of drug-likeness (QED) is 0.636. The summed E-state index contributed by atoms with van der Waals surface area (Å²) < 4.78 is 11.7. The Balaban J connectivity index is 1.92. The van der Waals surface area contributed by atoms with Crippen molar-refractivity contribution >= 4 is 23.2 Å². The highest BCUT2D eigenvalue weighted by Crippen LogP contribution is 2.34. The molecule has 25 heavy (non-hydrogen) atoms. The van der Waals surface area contributed by atoms with Crippen LogP contribution in [0.5, 0.6) is 11.5 Å². The van der Waals surface area contributed by atoms with Crippen LogP contribution in [-0.2, 0) is 0 Å². The van der Waals surface area contributed by atoms with Crippen LogP contribution in [0.15, 0.2) is 42.5 Å². The molecule has 0 saturated heterocycles. The van der Waals surface area contributed by atoms with Gasteiger partial charge in [-0.2, -0.15) is 0 Å². The van der Waals surface area contributed by atoms with E-state index in [4.69, 9.17) is 9.47 Å². The first kappa shape index (κ1) is 17.1. The Morgan fingerprint density at radius 3 is 2.56 bits per heavy atom. The minimum absolute atomic E-state index is 0.176. The smallest absolute Gasteiger partial charge is 0.168 e. The molecule has 0 spiro atoms. The van der Waals surface area contributed by atoms with Gasteiger partial charge in [-0.1, -0.05) is 38.1 Å². The zero-order valence-corrected chi connectivity index (χ0v) is 15.0. The van der Waals surface area contributed by atoms with Crippen molar-refractivity contribution in [2.45, 2.75) is 32.8 Å². The van der Waals surface area contributed by atoms with Gasteiger partial charge in [-0.25, -0.2) is 4.98 Å². The average molecular weight is 336 g/mol. The number of nitrogens with zero attached hydrogens (tertiary/aromatic N) is 1. The lowest BCUT2D eigenvalue weighted by molar-refractivity contribution is 0.184. The van der Waals surface area contributed by atoms with Crippen molar-refractivity contribution in [3.05, 3.63) is 53.9 Å². The molecule has 2 aromatic carbocycles. The molecule has 3 rings (SSSR count). The monoisotopic (exact) mass is 336 g/mol. The van der Waals surface area contributed by atoms with Gasteiger partial charge in [0.1, 0.15) is 5.82 Å². The summed E-state index contributed by atoms with van der Waals surface area (Å²) in [6.45, 7) is 4.26. The van der Waals surface area contributed by atoms with Crippen molar-refractivity contribution in [2.75, 3.05) is 7.11 Å². The van der Waals surface area contributed by atoms with E-state index in [9.17, 15) is 0 Å². The van der Waals surface area contributed by atoms with Crippen LogP contribution >= 0.6 is 0 Å². The zero-order valence-electron chi connectivity index (χ0n) is 15.0. The van der Waals surface area contributed by atoms with Crippen molar-refractivity contribution in [2.24, 2.45) is 0 Å². The van der Waals surface area contributed by atoms with Gasteiger partial charge in [0, 0.05) is 5.56 Å². The first-order valence-corrected chi connectivity index (χ1v) is 8.71. The molecule has 0 saturated carbocycles. The minimum atomic E-state index is 0.176. The number of H-pyrrole nitrogens is 1. The van der Waals surface area contributed by atoms with Crippen LogP contribution in [0.25, 0.3) is 23.2 Å². The van der Waals surface area contributed by atoms with Gasteiger partial charge in [-0.3, -0.25) is 0 Å². The van der Waals surface area contributed by atoms with E-state index in [1.807, 2.05) is 54.6 Å². The predicted octanol–water partition coefficient (Wildman–Crippen LogP) is 5.31. The topological polar surface area (TPSA) is 47.1 Å². The van der Waals surface area contributed by atoms with Crippen LogP contribution in [0.4, 0.5) is 0 Å². The number of para-hydroxylation sites is 3. The highest BCUT2D eigenvalue weighted by atomic mass is 16.5. The van der Waals surface area contributed by atoms with Crippen LogP contribution in [-0.4, -0.2) is 23.2 Å². The van der Waals surface area contributed by atoms with E-state index in [1.54, 1.807) is 7.11 Å². The summed E-state index contributed by atoms with van der Waals surface area (Å²) in [4.78, 5) is 7.89. The number of fused-ring (bicyclic) bond motifs is 1. The second-order valence-electron chi connectivity index (χ2n) is 5.91. The van der Waals surface area contributed by atoms with Gasteiger partial charge in [0.2, 0.25) is 0 Å². The van der Waals surface area contributed by atoms with E-state index in [1.165, 1.54) is 0 Å². The van der Waals surface area contributed by atoms with Gasteiger partial charge >= 0.3 is 0 Å². The maximum Gasteiger partial charge on any atom is 0.168 e. The summed E-state index contributed by atoms with van der Waals surface area (Å²) in [5, 5.41) is 0. The lowest BCUT2D eigenvalue weighted by Crippen LogP contribution is -2.14. The lowest BCUT2D eigenvalue weighted by atomic mass is 10.1. The lowest BCUT2D eigenvalue weighted by Gasteiger charge is -2.19. The number of hydrogen-bond acceptors (Lipinski definition) is 3. The molecule has 1 aromatic heterocycles. The summed E-state index contributed by atoms with van der Waals surface area (Å²) in [6, 6.07) is 13.9. The number of benzene rings is 2. The van der Waals surface area contributed by atoms with Gasteiger partial charge in [0.15, 0.2) is 11.5 Å². The molecule has 4 heteroatoms. The predicted molar refractivity (Wildman–Crippen MR) is 103 cm³/mol. The number of aromatic nitrogens is 2. The molecular weight excluding hydrogens is 312 g/mol. The minimum Gasteiger partial charge on any atom is -0.493 e. The molecule has 0 aliphatic rings. The summed E-state index contributed by atoms with van der Waals surface area (Å²) in [6.07, 6.45) is 6.07. The molecule has 0 atom stereocenters. The highest BCUT2D eigenvalue weighted by molar-refractivity contribution is 5.79.